The van der Waals surface area contributed by atoms with Gasteiger partial charge < -0.3 is 10.6 Å². The largest absolute Gasteiger partial charge is 0.356 e. The van der Waals surface area contributed by atoms with Gasteiger partial charge in [0.15, 0.2) is 0 Å². The molecule has 0 saturated carbocycles. The van der Waals surface area contributed by atoms with Crippen molar-refractivity contribution in [3.05, 3.63) is 0 Å². The number of amides is 1. The van der Waals surface area contributed by atoms with Crippen LogP contribution in [0.15, 0.2) is 0 Å². The standard InChI is InChI=1S/C8H18N2O/c1-7(9-3)5-4-6-10-8(2)11/h7,9H,4-6H2,1-3H3,(H,10,11). The van der Waals surface area contributed by atoms with Gasteiger partial charge in [0.25, 0.3) is 0 Å². The molecule has 0 rings (SSSR count). The summed E-state index contributed by atoms with van der Waals surface area (Å²) in [5, 5.41) is 5.90. The number of hydrogen-bond donors (Lipinski definition) is 2. The molecule has 0 aliphatic rings. The minimum Gasteiger partial charge on any atom is -0.356 e. The Kier molecular flexibility index (Phi) is 5.84. The van der Waals surface area contributed by atoms with Crippen molar-refractivity contribution in [3.8, 4) is 0 Å². The monoisotopic (exact) mass is 158 g/mol. The molecular weight excluding hydrogens is 140 g/mol. The zero-order valence-electron chi connectivity index (χ0n) is 7.61. The smallest absolute Gasteiger partial charge is 0.216 e. The van der Waals surface area contributed by atoms with Crippen LogP contribution < -0.4 is 10.6 Å². The van der Waals surface area contributed by atoms with Crippen LogP contribution in [0.5, 0.6) is 0 Å². The van der Waals surface area contributed by atoms with E-state index in [1.807, 2.05) is 7.05 Å². The van der Waals surface area contributed by atoms with Crippen LogP contribution in [0, 0.1) is 0 Å². The normalized spacial score (nSPS) is 12.6. The summed E-state index contributed by atoms with van der Waals surface area (Å²) >= 11 is 0. The highest BCUT2D eigenvalue weighted by molar-refractivity contribution is 5.72. The molecule has 0 aliphatic heterocycles. The zero-order valence-corrected chi connectivity index (χ0v) is 7.61. The molecule has 0 bridgehead atoms. The van der Waals surface area contributed by atoms with E-state index in [2.05, 4.69) is 17.6 Å². The van der Waals surface area contributed by atoms with Crippen molar-refractivity contribution < 1.29 is 4.79 Å². The van der Waals surface area contributed by atoms with Gasteiger partial charge in [-0.05, 0) is 26.8 Å². The molecule has 11 heavy (non-hydrogen) atoms. The summed E-state index contributed by atoms with van der Waals surface area (Å²) in [6.45, 7) is 4.47. The van der Waals surface area contributed by atoms with Crippen LogP contribution >= 0.6 is 0 Å². The first kappa shape index (κ1) is 10.4. The van der Waals surface area contributed by atoms with Gasteiger partial charge in [0.1, 0.15) is 0 Å². The second-order valence-corrected chi connectivity index (χ2v) is 2.81. The lowest BCUT2D eigenvalue weighted by Crippen LogP contribution is -2.25. The molecule has 0 spiro atoms. The Balaban J connectivity index is 3.08. The SMILES string of the molecule is CNC(C)CCCNC(C)=O. The van der Waals surface area contributed by atoms with Gasteiger partial charge >= 0.3 is 0 Å². The summed E-state index contributed by atoms with van der Waals surface area (Å²) < 4.78 is 0. The molecule has 2 N–H and O–H groups in total. The Labute approximate surface area is 68.6 Å². The molecule has 1 unspecified atom stereocenters. The fraction of sp³-hybridized carbons (Fsp3) is 0.875. The number of carbonyl (C=O) groups excluding carboxylic acids is 1. The lowest BCUT2D eigenvalue weighted by Gasteiger charge is -2.08. The van der Waals surface area contributed by atoms with E-state index < -0.39 is 0 Å². The average Bonchev–Trinajstić information content (AvgIpc) is 1.97. The Morgan fingerprint density at radius 3 is 2.64 bits per heavy atom. The van der Waals surface area contributed by atoms with Crippen LogP contribution in [0.4, 0.5) is 0 Å². The molecule has 0 aromatic heterocycles. The van der Waals surface area contributed by atoms with Crippen molar-refractivity contribution in [3.63, 3.8) is 0 Å². The first-order valence-corrected chi connectivity index (χ1v) is 4.08. The second kappa shape index (κ2) is 6.16. The number of rotatable bonds is 5. The molecule has 0 aliphatic carbocycles. The zero-order chi connectivity index (χ0) is 8.69. The molecule has 1 amide bonds. The lowest BCUT2D eigenvalue weighted by atomic mass is 10.2. The van der Waals surface area contributed by atoms with E-state index in [0.29, 0.717) is 6.04 Å². The fourth-order valence-corrected chi connectivity index (χ4v) is 0.817. The number of nitrogens with one attached hydrogen (secondary N) is 2. The summed E-state index contributed by atoms with van der Waals surface area (Å²) in [4.78, 5) is 10.4. The van der Waals surface area contributed by atoms with Crippen molar-refractivity contribution in [1.29, 1.82) is 0 Å². The van der Waals surface area contributed by atoms with Gasteiger partial charge in [-0.3, -0.25) is 4.79 Å². The summed E-state index contributed by atoms with van der Waals surface area (Å²) in [6.07, 6.45) is 2.15. The van der Waals surface area contributed by atoms with Crippen LogP contribution in [-0.2, 0) is 4.79 Å². The predicted octanol–water partition coefficient (Wildman–Crippen LogP) is 0.511. The van der Waals surface area contributed by atoms with Crippen LogP contribution in [0.1, 0.15) is 26.7 Å². The van der Waals surface area contributed by atoms with Gasteiger partial charge in [0.2, 0.25) is 5.91 Å². The molecule has 0 radical (unpaired) electrons. The van der Waals surface area contributed by atoms with Crippen LogP contribution in [0.25, 0.3) is 0 Å². The molecule has 1 atom stereocenters. The first-order chi connectivity index (χ1) is 5.16. The van der Waals surface area contributed by atoms with Gasteiger partial charge in [0, 0.05) is 19.5 Å². The van der Waals surface area contributed by atoms with Crippen molar-refractivity contribution in [1.82, 2.24) is 10.6 Å². The average molecular weight is 158 g/mol. The Morgan fingerprint density at radius 2 is 2.18 bits per heavy atom. The van der Waals surface area contributed by atoms with Crippen LogP contribution in [0.3, 0.4) is 0 Å². The van der Waals surface area contributed by atoms with Crippen molar-refractivity contribution in [2.75, 3.05) is 13.6 Å². The molecule has 0 heterocycles. The molecule has 0 aromatic rings. The van der Waals surface area contributed by atoms with Gasteiger partial charge in [-0.2, -0.15) is 0 Å². The van der Waals surface area contributed by atoms with Gasteiger partial charge in [-0.15, -0.1) is 0 Å². The van der Waals surface area contributed by atoms with E-state index in [9.17, 15) is 4.79 Å². The van der Waals surface area contributed by atoms with E-state index in [0.717, 1.165) is 19.4 Å². The third-order valence-electron chi connectivity index (χ3n) is 1.68. The minimum atomic E-state index is 0.0575. The fourth-order valence-electron chi connectivity index (χ4n) is 0.817. The number of hydrogen-bond acceptors (Lipinski definition) is 2. The Bertz CT molecular complexity index is 115. The van der Waals surface area contributed by atoms with E-state index in [1.165, 1.54) is 0 Å². The van der Waals surface area contributed by atoms with Crippen molar-refractivity contribution in [2.45, 2.75) is 32.7 Å². The highest BCUT2D eigenvalue weighted by Gasteiger charge is 1.96. The predicted molar refractivity (Wildman–Crippen MR) is 46.4 cm³/mol. The van der Waals surface area contributed by atoms with Crippen LogP contribution in [0.2, 0.25) is 0 Å². The molecule has 3 nitrogen and oxygen atoms in total. The molecular formula is C8H18N2O. The van der Waals surface area contributed by atoms with Crippen molar-refractivity contribution >= 4 is 5.91 Å². The van der Waals surface area contributed by atoms with E-state index >= 15 is 0 Å². The summed E-state index contributed by atoms with van der Waals surface area (Å²) in [5.41, 5.74) is 0. The van der Waals surface area contributed by atoms with E-state index in [1.54, 1.807) is 6.92 Å². The Morgan fingerprint density at radius 1 is 1.55 bits per heavy atom. The van der Waals surface area contributed by atoms with Crippen molar-refractivity contribution in [2.24, 2.45) is 0 Å². The van der Waals surface area contributed by atoms with E-state index in [4.69, 9.17) is 0 Å². The first-order valence-electron chi connectivity index (χ1n) is 4.08. The second-order valence-electron chi connectivity index (χ2n) is 2.81. The van der Waals surface area contributed by atoms with Gasteiger partial charge in [-0.1, -0.05) is 0 Å². The molecule has 3 heteroatoms. The maximum Gasteiger partial charge on any atom is 0.216 e. The highest BCUT2D eigenvalue weighted by Crippen LogP contribution is 1.93. The van der Waals surface area contributed by atoms with E-state index in [-0.39, 0.29) is 5.91 Å². The highest BCUT2D eigenvalue weighted by atomic mass is 16.1. The molecule has 66 valence electrons. The molecule has 0 saturated heterocycles. The lowest BCUT2D eigenvalue weighted by molar-refractivity contribution is -0.118. The van der Waals surface area contributed by atoms with Crippen LogP contribution in [-0.4, -0.2) is 25.5 Å². The van der Waals surface area contributed by atoms with Gasteiger partial charge in [-0.25, -0.2) is 0 Å². The minimum absolute atomic E-state index is 0.0575. The topological polar surface area (TPSA) is 41.1 Å². The molecule has 0 fully saturated rings. The quantitative estimate of drug-likeness (QED) is 0.572. The summed E-state index contributed by atoms with van der Waals surface area (Å²) in [5.74, 6) is 0.0575. The third kappa shape index (κ3) is 7.33. The van der Waals surface area contributed by atoms with Gasteiger partial charge in [0.05, 0.1) is 0 Å². The maximum absolute atomic E-state index is 10.4. The summed E-state index contributed by atoms with van der Waals surface area (Å²) in [6, 6.07) is 0.545. The summed E-state index contributed by atoms with van der Waals surface area (Å²) in [7, 11) is 1.95. The molecule has 0 aromatic carbocycles. The number of carbonyl (C=O) groups is 1. The maximum atomic E-state index is 10.4. The Hall–Kier alpha value is -0.570. The third-order valence-corrected chi connectivity index (χ3v) is 1.68.